The number of rotatable bonds is 3. The van der Waals surface area contributed by atoms with Crippen LogP contribution in [0.15, 0.2) is 23.0 Å². The highest BCUT2D eigenvalue weighted by Gasteiger charge is 2.11. The van der Waals surface area contributed by atoms with Gasteiger partial charge >= 0.3 is 5.69 Å². The summed E-state index contributed by atoms with van der Waals surface area (Å²) in [6.07, 6.45) is 0.313. The Labute approximate surface area is 103 Å². The van der Waals surface area contributed by atoms with Crippen molar-refractivity contribution in [1.29, 1.82) is 0 Å². The molecule has 1 aromatic heterocycles. The van der Waals surface area contributed by atoms with Gasteiger partial charge in [0.05, 0.1) is 11.0 Å². The second kappa shape index (κ2) is 4.37. The number of hydrogen-bond acceptors (Lipinski definition) is 2. The summed E-state index contributed by atoms with van der Waals surface area (Å²) < 4.78 is 3.10. The van der Waals surface area contributed by atoms with Crippen molar-refractivity contribution in [3.63, 3.8) is 0 Å². The third kappa shape index (κ3) is 1.89. The van der Waals surface area contributed by atoms with Crippen LogP contribution in [0.3, 0.4) is 0 Å². The molecule has 0 fully saturated rings. The van der Waals surface area contributed by atoms with Crippen molar-refractivity contribution in [2.24, 2.45) is 14.1 Å². The molecule has 0 amide bonds. The van der Waals surface area contributed by atoms with Gasteiger partial charge < -0.3 is 0 Å². The van der Waals surface area contributed by atoms with Gasteiger partial charge in [0.1, 0.15) is 0 Å². The first-order valence-electron chi connectivity index (χ1n) is 5.31. The second-order valence-corrected chi connectivity index (χ2v) is 4.34. The predicted octanol–water partition coefficient (Wildman–Crippen LogP) is 1.69. The molecule has 0 unspecified atom stereocenters. The van der Waals surface area contributed by atoms with Crippen LogP contribution in [0.1, 0.15) is 16.8 Å². The Hall–Kier alpha value is -1.55. The largest absolute Gasteiger partial charge is 0.328 e. The molecule has 4 nitrogen and oxygen atoms in total. The van der Waals surface area contributed by atoms with E-state index in [-0.39, 0.29) is 11.5 Å². The minimum atomic E-state index is -0.0954. The smallest absolute Gasteiger partial charge is 0.295 e. The number of aromatic nitrogens is 2. The Morgan fingerprint density at radius 1 is 1.24 bits per heavy atom. The van der Waals surface area contributed by atoms with Crippen molar-refractivity contribution in [1.82, 2.24) is 9.13 Å². The maximum absolute atomic E-state index is 11.7. The molecule has 0 aliphatic rings. The number of ketones is 1. The topological polar surface area (TPSA) is 44.0 Å². The van der Waals surface area contributed by atoms with Gasteiger partial charge in [-0.15, -0.1) is 11.6 Å². The van der Waals surface area contributed by atoms with E-state index in [4.69, 9.17) is 11.6 Å². The molecule has 0 radical (unpaired) electrons. The van der Waals surface area contributed by atoms with Gasteiger partial charge in [-0.3, -0.25) is 13.9 Å². The van der Waals surface area contributed by atoms with E-state index in [1.807, 2.05) is 0 Å². The zero-order chi connectivity index (χ0) is 12.6. The number of alkyl halides is 1. The number of aryl methyl sites for hydroxylation is 2. The predicted molar refractivity (Wildman–Crippen MR) is 67.8 cm³/mol. The van der Waals surface area contributed by atoms with Crippen molar-refractivity contribution in [3.8, 4) is 0 Å². The lowest BCUT2D eigenvalue weighted by Gasteiger charge is -2.00. The van der Waals surface area contributed by atoms with Gasteiger partial charge in [-0.25, -0.2) is 4.79 Å². The SMILES string of the molecule is Cn1c(=O)n(C)c2cc(C(=O)CCCl)ccc21. The molecule has 1 heterocycles. The molecule has 0 aliphatic carbocycles. The summed E-state index contributed by atoms with van der Waals surface area (Å²) in [4.78, 5) is 23.4. The van der Waals surface area contributed by atoms with Crippen molar-refractivity contribution in [3.05, 3.63) is 34.2 Å². The monoisotopic (exact) mass is 252 g/mol. The van der Waals surface area contributed by atoms with Crippen molar-refractivity contribution in [2.45, 2.75) is 6.42 Å². The molecule has 0 bridgehead atoms. The molecule has 2 rings (SSSR count). The summed E-state index contributed by atoms with van der Waals surface area (Å²) in [7, 11) is 3.41. The Morgan fingerprint density at radius 2 is 1.88 bits per heavy atom. The van der Waals surface area contributed by atoms with E-state index < -0.39 is 0 Å². The van der Waals surface area contributed by atoms with Crippen LogP contribution in [0.4, 0.5) is 0 Å². The maximum atomic E-state index is 11.7. The zero-order valence-electron chi connectivity index (χ0n) is 9.74. The first kappa shape index (κ1) is 11.9. The van der Waals surface area contributed by atoms with Gasteiger partial charge in [0.2, 0.25) is 0 Å². The van der Waals surface area contributed by atoms with E-state index in [1.165, 1.54) is 4.57 Å². The van der Waals surface area contributed by atoms with E-state index in [0.717, 1.165) is 11.0 Å². The molecule has 0 aliphatic heterocycles. The Morgan fingerprint density at radius 3 is 2.53 bits per heavy atom. The molecule has 0 saturated carbocycles. The van der Waals surface area contributed by atoms with Crippen LogP contribution < -0.4 is 5.69 Å². The third-order valence-electron chi connectivity index (χ3n) is 2.92. The van der Waals surface area contributed by atoms with Gasteiger partial charge in [-0.2, -0.15) is 0 Å². The fraction of sp³-hybridized carbons (Fsp3) is 0.333. The molecule has 0 saturated heterocycles. The van der Waals surface area contributed by atoms with Crippen LogP contribution in [0.5, 0.6) is 0 Å². The number of carbonyl (C=O) groups is 1. The fourth-order valence-corrected chi connectivity index (χ4v) is 2.08. The third-order valence-corrected chi connectivity index (χ3v) is 3.10. The van der Waals surface area contributed by atoms with Gasteiger partial charge in [0.15, 0.2) is 5.78 Å². The van der Waals surface area contributed by atoms with E-state index in [0.29, 0.717) is 17.9 Å². The summed E-state index contributed by atoms with van der Waals surface area (Å²) in [5.74, 6) is 0.308. The Kier molecular flexibility index (Phi) is 3.07. The van der Waals surface area contributed by atoms with Crippen LogP contribution in [0, 0.1) is 0 Å². The lowest BCUT2D eigenvalue weighted by atomic mass is 10.1. The summed E-state index contributed by atoms with van der Waals surface area (Å²) in [6, 6.07) is 5.26. The second-order valence-electron chi connectivity index (χ2n) is 3.97. The number of hydrogen-bond donors (Lipinski definition) is 0. The molecule has 17 heavy (non-hydrogen) atoms. The number of halogens is 1. The number of nitrogens with zero attached hydrogens (tertiary/aromatic N) is 2. The average Bonchev–Trinajstić information content (AvgIpc) is 2.55. The summed E-state index contributed by atoms with van der Waals surface area (Å²) >= 11 is 5.54. The van der Waals surface area contributed by atoms with Gasteiger partial charge in [0.25, 0.3) is 0 Å². The number of carbonyl (C=O) groups excluding carboxylic acids is 1. The summed E-state index contributed by atoms with van der Waals surface area (Å²) in [6.45, 7) is 0. The summed E-state index contributed by atoms with van der Waals surface area (Å²) in [5.41, 5.74) is 2.08. The van der Waals surface area contributed by atoms with E-state index >= 15 is 0 Å². The van der Waals surface area contributed by atoms with Gasteiger partial charge in [0, 0.05) is 32.0 Å². The quantitative estimate of drug-likeness (QED) is 0.616. The van der Waals surface area contributed by atoms with E-state index in [9.17, 15) is 9.59 Å². The molecular weight excluding hydrogens is 240 g/mol. The molecule has 2 aromatic rings. The number of Topliss-reactive ketones (excluding diaryl/α,β-unsaturated/α-hetero) is 1. The molecule has 90 valence electrons. The van der Waals surface area contributed by atoms with Crippen LogP contribution in [0.25, 0.3) is 11.0 Å². The molecule has 0 atom stereocenters. The minimum absolute atomic E-state index is 0.00166. The van der Waals surface area contributed by atoms with Crippen LogP contribution >= 0.6 is 11.6 Å². The van der Waals surface area contributed by atoms with E-state index in [2.05, 4.69) is 0 Å². The number of fused-ring (bicyclic) bond motifs is 1. The molecule has 0 N–H and O–H groups in total. The van der Waals surface area contributed by atoms with Crippen molar-refractivity contribution < 1.29 is 4.79 Å². The van der Waals surface area contributed by atoms with Crippen LogP contribution in [-0.4, -0.2) is 20.8 Å². The summed E-state index contributed by atoms with van der Waals surface area (Å²) in [5, 5.41) is 0. The standard InChI is InChI=1S/C12H13ClN2O2/c1-14-9-4-3-8(11(16)5-6-13)7-10(9)15(2)12(14)17/h3-4,7H,5-6H2,1-2H3. The first-order valence-corrected chi connectivity index (χ1v) is 5.84. The molecule has 5 heteroatoms. The zero-order valence-corrected chi connectivity index (χ0v) is 10.5. The first-order chi connectivity index (χ1) is 8.06. The molecule has 1 aromatic carbocycles. The molecular formula is C12H13ClN2O2. The van der Waals surface area contributed by atoms with Crippen LogP contribution in [-0.2, 0) is 14.1 Å². The van der Waals surface area contributed by atoms with E-state index in [1.54, 1.807) is 36.9 Å². The highest BCUT2D eigenvalue weighted by molar-refractivity contribution is 6.19. The fourth-order valence-electron chi connectivity index (χ4n) is 1.91. The lowest BCUT2D eigenvalue weighted by Crippen LogP contribution is -2.19. The highest BCUT2D eigenvalue weighted by Crippen LogP contribution is 2.15. The average molecular weight is 253 g/mol. The Balaban J connectivity index is 2.62. The Bertz CT molecular complexity index is 640. The number of imidazole rings is 1. The molecule has 0 spiro atoms. The highest BCUT2D eigenvalue weighted by atomic mass is 35.5. The van der Waals surface area contributed by atoms with Gasteiger partial charge in [-0.1, -0.05) is 0 Å². The van der Waals surface area contributed by atoms with Gasteiger partial charge in [-0.05, 0) is 18.2 Å². The van der Waals surface area contributed by atoms with Crippen LogP contribution in [0.2, 0.25) is 0 Å². The van der Waals surface area contributed by atoms with Crippen molar-refractivity contribution >= 4 is 28.4 Å². The maximum Gasteiger partial charge on any atom is 0.328 e. The lowest BCUT2D eigenvalue weighted by molar-refractivity contribution is 0.0989. The normalized spacial score (nSPS) is 11.0. The number of benzene rings is 1. The van der Waals surface area contributed by atoms with Crippen molar-refractivity contribution in [2.75, 3.05) is 5.88 Å². The minimum Gasteiger partial charge on any atom is -0.295 e.